The average Bonchev–Trinajstić information content (AvgIpc) is 2.98. The zero-order valence-electron chi connectivity index (χ0n) is 11.8. The molecule has 0 aliphatic heterocycles. The first-order valence-electron chi connectivity index (χ1n) is 6.82. The summed E-state index contributed by atoms with van der Waals surface area (Å²) in [5.41, 5.74) is 1.30. The highest BCUT2D eigenvalue weighted by Crippen LogP contribution is 2.18. The van der Waals surface area contributed by atoms with Crippen molar-refractivity contribution in [1.82, 2.24) is 4.98 Å². The fourth-order valence-corrected chi connectivity index (χ4v) is 2.45. The molecule has 0 saturated carbocycles. The number of Topliss-reactive ketones (excluding diaryl/α,β-unsaturated/α-hetero) is 1. The summed E-state index contributed by atoms with van der Waals surface area (Å²) in [7, 11) is 0. The van der Waals surface area contributed by atoms with Crippen molar-refractivity contribution in [1.29, 1.82) is 0 Å². The molecule has 1 heterocycles. The van der Waals surface area contributed by atoms with E-state index in [1.807, 2.05) is 17.5 Å². The Morgan fingerprint density at radius 2 is 2.05 bits per heavy atom. The van der Waals surface area contributed by atoms with E-state index in [9.17, 15) is 4.79 Å². The van der Waals surface area contributed by atoms with Crippen molar-refractivity contribution in [3.05, 3.63) is 46.4 Å². The topological polar surface area (TPSA) is 39.2 Å². The number of carbonyl (C=O) groups excluding carboxylic acids is 1. The minimum absolute atomic E-state index is 0.0961. The van der Waals surface area contributed by atoms with E-state index < -0.39 is 0 Å². The van der Waals surface area contributed by atoms with Gasteiger partial charge >= 0.3 is 0 Å². The van der Waals surface area contributed by atoms with Crippen LogP contribution in [0.15, 0.2) is 35.8 Å². The van der Waals surface area contributed by atoms with Gasteiger partial charge in [-0.15, -0.1) is 11.3 Å². The molecule has 0 fully saturated rings. The van der Waals surface area contributed by atoms with Crippen molar-refractivity contribution in [2.45, 2.75) is 32.6 Å². The summed E-state index contributed by atoms with van der Waals surface area (Å²) in [6.07, 6.45) is 2.85. The molecule has 4 heteroatoms. The Kier molecular flexibility index (Phi) is 5.30. The van der Waals surface area contributed by atoms with Gasteiger partial charge in [0.1, 0.15) is 5.75 Å². The van der Waals surface area contributed by atoms with Gasteiger partial charge in [0.25, 0.3) is 0 Å². The number of hydrogen-bond acceptors (Lipinski definition) is 4. The molecule has 0 unspecified atom stereocenters. The molecule has 0 radical (unpaired) electrons. The van der Waals surface area contributed by atoms with Gasteiger partial charge in [0.15, 0.2) is 10.8 Å². The molecule has 0 N–H and O–H groups in total. The number of hydrogen-bond donors (Lipinski definition) is 0. The normalized spacial score (nSPS) is 10.8. The smallest absolute Gasteiger partial charge is 0.191 e. The lowest BCUT2D eigenvalue weighted by atomic mass is 10.0. The minimum Gasteiger partial charge on any atom is -0.494 e. The Hall–Kier alpha value is -1.68. The first kappa shape index (κ1) is 14.7. The molecule has 0 atom stereocenters. The molecule has 0 amide bonds. The molecule has 20 heavy (non-hydrogen) atoms. The number of ether oxygens (including phenoxy) is 1. The van der Waals surface area contributed by atoms with Crippen LogP contribution in [-0.4, -0.2) is 17.4 Å². The molecule has 0 bridgehead atoms. The largest absolute Gasteiger partial charge is 0.494 e. The van der Waals surface area contributed by atoms with E-state index >= 15 is 0 Å². The van der Waals surface area contributed by atoms with Crippen LogP contribution in [0.1, 0.15) is 48.0 Å². The van der Waals surface area contributed by atoms with E-state index in [0.29, 0.717) is 30.4 Å². The summed E-state index contributed by atoms with van der Waals surface area (Å²) in [6.45, 7) is 4.89. The molecule has 2 rings (SSSR count). The molecule has 0 saturated heterocycles. The highest BCUT2D eigenvalue weighted by molar-refractivity contribution is 7.11. The van der Waals surface area contributed by atoms with E-state index in [1.165, 1.54) is 16.9 Å². The van der Waals surface area contributed by atoms with E-state index in [0.717, 1.165) is 5.75 Å². The van der Waals surface area contributed by atoms with Gasteiger partial charge in [0.2, 0.25) is 0 Å². The van der Waals surface area contributed by atoms with Crippen molar-refractivity contribution in [3.63, 3.8) is 0 Å². The fourth-order valence-electron chi connectivity index (χ4n) is 1.84. The fraction of sp³-hybridized carbons (Fsp3) is 0.375. The van der Waals surface area contributed by atoms with E-state index in [1.54, 1.807) is 6.20 Å². The van der Waals surface area contributed by atoms with Crippen molar-refractivity contribution in [2.24, 2.45) is 0 Å². The maximum atomic E-state index is 11.7. The van der Waals surface area contributed by atoms with Crippen molar-refractivity contribution in [2.75, 3.05) is 6.61 Å². The van der Waals surface area contributed by atoms with Gasteiger partial charge in [0.05, 0.1) is 6.61 Å². The van der Waals surface area contributed by atoms with Gasteiger partial charge in [-0.05, 0) is 30.0 Å². The maximum Gasteiger partial charge on any atom is 0.191 e. The third-order valence-corrected chi connectivity index (χ3v) is 3.85. The van der Waals surface area contributed by atoms with Crippen LogP contribution in [0, 0.1) is 0 Å². The van der Waals surface area contributed by atoms with Gasteiger partial charge in [-0.3, -0.25) is 4.79 Å². The number of nitrogens with zero attached hydrogens (tertiary/aromatic N) is 1. The Morgan fingerprint density at radius 1 is 1.30 bits per heavy atom. The maximum absolute atomic E-state index is 11.7. The molecular formula is C16H19NO2S. The SMILES string of the molecule is CC(C)c1ccc(OCCCC(=O)c2nccs2)cc1. The summed E-state index contributed by atoms with van der Waals surface area (Å²) < 4.78 is 5.64. The number of ketones is 1. The number of aromatic nitrogens is 1. The number of carbonyl (C=O) groups is 1. The third-order valence-electron chi connectivity index (χ3n) is 3.03. The molecule has 1 aromatic carbocycles. The van der Waals surface area contributed by atoms with Crippen molar-refractivity contribution < 1.29 is 9.53 Å². The van der Waals surface area contributed by atoms with Gasteiger partial charge in [-0.25, -0.2) is 4.98 Å². The van der Waals surface area contributed by atoms with Crippen molar-refractivity contribution in [3.8, 4) is 5.75 Å². The van der Waals surface area contributed by atoms with E-state index in [4.69, 9.17) is 4.74 Å². The van der Waals surface area contributed by atoms with Gasteiger partial charge < -0.3 is 4.74 Å². The predicted octanol–water partition coefficient (Wildman–Crippen LogP) is 4.31. The molecule has 1 aromatic heterocycles. The lowest BCUT2D eigenvalue weighted by Crippen LogP contribution is -2.03. The minimum atomic E-state index is 0.0961. The lowest BCUT2D eigenvalue weighted by Gasteiger charge is -2.08. The second kappa shape index (κ2) is 7.20. The van der Waals surface area contributed by atoms with Crippen molar-refractivity contribution >= 4 is 17.1 Å². The standard InChI is InChI=1S/C16H19NO2S/c1-12(2)13-5-7-14(8-6-13)19-10-3-4-15(18)16-17-9-11-20-16/h5-9,11-12H,3-4,10H2,1-2H3. The quantitative estimate of drug-likeness (QED) is 0.563. The summed E-state index contributed by atoms with van der Waals surface area (Å²) in [5.74, 6) is 1.48. The summed E-state index contributed by atoms with van der Waals surface area (Å²) in [6, 6.07) is 8.14. The van der Waals surface area contributed by atoms with Crippen LogP contribution < -0.4 is 4.74 Å². The molecule has 0 spiro atoms. The second-order valence-electron chi connectivity index (χ2n) is 4.94. The molecule has 2 aromatic rings. The first-order valence-corrected chi connectivity index (χ1v) is 7.70. The van der Waals surface area contributed by atoms with Crippen LogP contribution in [0.4, 0.5) is 0 Å². The van der Waals surface area contributed by atoms with Gasteiger partial charge in [0, 0.05) is 18.0 Å². The van der Waals surface area contributed by atoms with Crippen LogP contribution >= 0.6 is 11.3 Å². The zero-order chi connectivity index (χ0) is 14.4. The second-order valence-corrected chi connectivity index (χ2v) is 5.83. The van der Waals surface area contributed by atoms with Crippen LogP contribution in [0.2, 0.25) is 0 Å². The lowest BCUT2D eigenvalue weighted by molar-refractivity contribution is 0.0973. The highest BCUT2D eigenvalue weighted by atomic mass is 32.1. The van der Waals surface area contributed by atoms with E-state index in [-0.39, 0.29) is 5.78 Å². The Labute approximate surface area is 123 Å². The Morgan fingerprint density at radius 3 is 2.65 bits per heavy atom. The summed E-state index contributed by atoms with van der Waals surface area (Å²) in [5, 5.41) is 2.41. The predicted molar refractivity (Wildman–Crippen MR) is 81.7 cm³/mol. The van der Waals surface area contributed by atoms with Crippen LogP contribution in [0.3, 0.4) is 0 Å². The summed E-state index contributed by atoms with van der Waals surface area (Å²) >= 11 is 1.39. The monoisotopic (exact) mass is 289 g/mol. The Bertz CT molecular complexity index is 532. The molecule has 3 nitrogen and oxygen atoms in total. The van der Waals surface area contributed by atoms with Gasteiger partial charge in [-0.2, -0.15) is 0 Å². The van der Waals surface area contributed by atoms with Crippen LogP contribution in [0.5, 0.6) is 5.75 Å². The van der Waals surface area contributed by atoms with Crippen LogP contribution in [-0.2, 0) is 0 Å². The molecular weight excluding hydrogens is 270 g/mol. The molecule has 0 aliphatic rings. The third kappa shape index (κ3) is 4.17. The zero-order valence-corrected chi connectivity index (χ0v) is 12.7. The number of rotatable bonds is 7. The van der Waals surface area contributed by atoms with Gasteiger partial charge in [-0.1, -0.05) is 26.0 Å². The number of benzene rings is 1. The summed E-state index contributed by atoms with van der Waals surface area (Å²) in [4.78, 5) is 15.7. The Balaban J connectivity index is 1.72. The first-order chi connectivity index (χ1) is 9.66. The molecule has 106 valence electrons. The number of thiazole rings is 1. The van der Waals surface area contributed by atoms with E-state index in [2.05, 4.69) is 31.0 Å². The highest BCUT2D eigenvalue weighted by Gasteiger charge is 2.08. The molecule has 0 aliphatic carbocycles. The van der Waals surface area contributed by atoms with Crippen LogP contribution in [0.25, 0.3) is 0 Å². The average molecular weight is 289 g/mol.